The van der Waals surface area contributed by atoms with Crippen LogP contribution in [0.15, 0.2) is 48.4 Å². The SMILES string of the molecule is C=CCC[C@@H](O)CN(CCOC)CC(=O)N1CCc2sccc2[C@@H]1COc1ccccc1OC. The molecule has 0 fully saturated rings. The number of aliphatic hydroxyl groups is 1. The van der Waals surface area contributed by atoms with Crippen LogP contribution in [0.5, 0.6) is 11.5 Å². The molecular formula is C26H36N2O5S. The Hall–Kier alpha value is -2.39. The van der Waals surface area contributed by atoms with Crippen LogP contribution < -0.4 is 9.47 Å². The van der Waals surface area contributed by atoms with Crippen molar-refractivity contribution in [3.05, 3.63) is 58.8 Å². The molecule has 0 bridgehead atoms. The van der Waals surface area contributed by atoms with E-state index in [2.05, 4.69) is 18.0 Å². The van der Waals surface area contributed by atoms with Crippen molar-refractivity contribution < 1.29 is 24.1 Å². The predicted molar refractivity (Wildman–Crippen MR) is 135 cm³/mol. The molecule has 34 heavy (non-hydrogen) atoms. The lowest BCUT2D eigenvalue weighted by molar-refractivity contribution is -0.136. The van der Waals surface area contributed by atoms with Gasteiger partial charge in [0, 0.05) is 31.6 Å². The largest absolute Gasteiger partial charge is 0.493 e. The maximum atomic E-state index is 13.5. The van der Waals surface area contributed by atoms with E-state index in [9.17, 15) is 9.90 Å². The summed E-state index contributed by atoms with van der Waals surface area (Å²) in [7, 11) is 3.26. The number of amides is 1. The molecule has 1 aliphatic heterocycles. The summed E-state index contributed by atoms with van der Waals surface area (Å²) in [5.74, 6) is 1.35. The molecule has 1 aliphatic rings. The Morgan fingerprint density at radius 1 is 1.32 bits per heavy atom. The zero-order chi connectivity index (χ0) is 24.3. The van der Waals surface area contributed by atoms with Gasteiger partial charge >= 0.3 is 0 Å². The van der Waals surface area contributed by atoms with Crippen LogP contribution >= 0.6 is 11.3 Å². The number of hydrogen-bond donors (Lipinski definition) is 1. The fourth-order valence-corrected chi connectivity index (χ4v) is 5.15. The Morgan fingerprint density at radius 3 is 2.85 bits per heavy atom. The smallest absolute Gasteiger partial charge is 0.237 e. The lowest BCUT2D eigenvalue weighted by Crippen LogP contribution is -2.48. The fraction of sp³-hybridized carbons (Fsp3) is 0.500. The molecule has 8 heteroatoms. The third kappa shape index (κ3) is 7.06. The van der Waals surface area contributed by atoms with Crippen LogP contribution in [0, 0.1) is 0 Å². The summed E-state index contributed by atoms with van der Waals surface area (Å²) in [6, 6.07) is 9.46. The van der Waals surface area contributed by atoms with Crippen molar-refractivity contribution in [2.24, 2.45) is 0 Å². The first kappa shape index (κ1) is 26.2. The normalized spacial score (nSPS) is 16.2. The molecule has 1 amide bonds. The number of aliphatic hydroxyl groups excluding tert-OH is 1. The molecule has 0 saturated carbocycles. The number of methoxy groups -OCH3 is 2. The van der Waals surface area contributed by atoms with Crippen LogP contribution in [-0.2, 0) is 16.0 Å². The number of nitrogens with zero attached hydrogens (tertiary/aromatic N) is 2. The van der Waals surface area contributed by atoms with E-state index in [0.29, 0.717) is 50.8 Å². The average Bonchev–Trinajstić information content (AvgIpc) is 3.33. The van der Waals surface area contributed by atoms with Gasteiger partial charge < -0.3 is 24.2 Å². The molecule has 2 heterocycles. The van der Waals surface area contributed by atoms with Crippen LogP contribution in [0.3, 0.4) is 0 Å². The highest BCUT2D eigenvalue weighted by Gasteiger charge is 2.33. The van der Waals surface area contributed by atoms with Crippen molar-refractivity contribution in [2.45, 2.75) is 31.4 Å². The Balaban J connectivity index is 1.72. The van der Waals surface area contributed by atoms with E-state index in [1.807, 2.05) is 34.1 Å². The third-order valence-electron chi connectivity index (χ3n) is 6.02. The van der Waals surface area contributed by atoms with E-state index in [1.165, 1.54) is 4.88 Å². The number of rotatable bonds is 14. The van der Waals surface area contributed by atoms with Gasteiger partial charge in [-0.3, -0.25) is 9.69 Å². The van der Waals surface area contributed by atoms with Crippen molar-refractivity contribution in [3.8, 4) is 11.5 Å². The van der Waals surface area contributed by atoms with Gasteiger partial charge in [-0.05, 0) is 48.4 Å². The summed E-state index contributed by atoms with van der Waals surface area (Å²) < 4.78 is 16.8. The van der Waals surface area contributed by atoms with Crippen LogP contribution in [0.4, 0.5) is 0 Å². The first-order valence-corrected chi connectivity index (χ1v) is 12.6. The van der Waals surface area contributed by atoms with Gasteiger partial charge in [0.15, 0.2) is 11.5 Å². The average molecular weight is 489 g/mol. The summed E-state index contributed by atoms with van der Waals surface area (Å²) in [5.41, 5.74) is 1.15. The first-order chi connectivity index (χ1) is 16.6. The third-order valence-corrected chi connectivity index (χ3v) is 7.02. The Bertz CT molecular complexity index is 918. The quantitative estimate of drug-likeness (QED) is 0.410. The maximum Gasteiger partial charge on any atom is 0.237 e. The monoisotopic (exact) mass is 488 g/mol. The van der Waals surface area contributed by atoms with E-state index in [4.69, 9.17) is 14.2 Å². The van der Waals surface area contributed by atoms with E-state index in [0.717, 1.165) is 18.4 Å². The molecule has 0 aliphatic carbocycles. The van der Waals surface area contributed by atoms with Crippen molar-refractivity contribution in [2.75, 3.05) is 53.6 Å². The molecule has 7 nitrogen and oxygen atoms in total. The second kappa shape index (κ2) is 13.5. The van der Waals surface area contributed by atoms with Crippen LogP contribution in [-0.4, -0.2) is 80.5 Å². The van der Waals surface area contributed by atoms with Crippen molar-refractivity contribution in [1.82, 2.24) is 9.80 Å². The molecule has 2 aromatic rings. The summed E-state index contributed by atoms with van der Waals surface area (Å²) >= 11 is 1.73. The van der Waals surface area contributed by atoms with Crippen molar-refractivity contribution >= 4 is 17.2 Å². The van der Waals surface area contributed by atoms with E-state index < -0.39 is 6.10 Å². The summed E-state index contributed by atoms with van der Waals surface area (Å²) in [6.45, 7) is 6.42. The number of carbonyl (C=O) groups excluding carboxylic acids is 1. The van der Waals surface area contributed by atoms with Gasteiger partial charge in [-0.2, -0.15) is 0 Å². The minimum absolute atomic E-state index is 0.0255. The molecule has 2 atom stereocenters. The molecule has 0 radical (unpaired) electrons. The zero-order valence-electron chi connectivity index (χ0n) is 20.2. The number of para-hydroxylation sites is 2. The standard InChI is InChI=1S/C26H36N2O5S/c1-4-5-8-20(29)17-27(14-15-31-2)18-26(30)28-13-11-25-21(12-16-34-25)22(28)19-33-24-10-7-6-9-23(24)32-3/h4,6-7,9-10,12,16,20,22,29H,1,5,8,11,13-15,17-19H2,2-3H3/t20-,22+/m1/s1. The lowest BCUT2D eigenvalue weighted by atomic mass is 10.0. The van der Waals surface area contributed by atoms with Crippen LogP contribution in [0.1, 0.15) is 29.3 Å². The zero-order valence-corrected chi connectivity index (χ0v) is 21.0. The number of carbonyl (C=O) groups is 1. The summed E-state index contributed by atoms with van der Waals surface area (Å²) in [6.07, 6.45) is 3.48. The molecular weight excluding hydrogens is 452 g/mol. The number of thiophene rings is 1. The van der Waals surface area contributed by atoms with Crippen LogP contribution in [0.2, 0.25) is 0 Å². The van der Waals surface area contributed by atoms with Gasteiger partial charge in [0.05, 0.1) is 32.4 Å². The summed E-state index contributed by atoms with van der Waals surface area (Å²) in [4.78, 5) is 18.7. The van der Waals surface area contributed by atoms with Gasteiger partial charge in [0.1, 0.15) is 6.61 Å². The van der Waals surface area contributed by atoms with Crippen LogP contribution in [0.25, 0.3) is 0 Å². The second-order valence-corrected chi connectivity index (χ2v) is 9.36. The van der Waals surface area contributed by atoms with Crippen molar-refractivity contribution in [1.29, 1.82) is 0 Å². The topological polar surface area (TPSA) is 71.5 Å². The molecule has 0 saturated heterocycles. The maximum absolute atomic E-state index is 13.5. The van der Waals surface area contributed by atoms with Gasteiger partial charge in [-0.1, -0.05) is 18.2 Å². The first-order valence-electron chi connectivity index (χ1n) is 11.7. The molecule has 1 N–H and O–H groups in total. The molecule has 0 spiro atoms. The number of ether oxygens (including phenoxy) is 3. The van der Waals surface area contributed by atoms with Gasteiger partial charge in [-0.15, -0.1) is 17.9 Å². The number of hydrogen-bond acceptors (Lipinski definition) is 7. The highest BCUT2D eigenvalue weighted by Crippen LogP contribution is 2.35. The Labute approximate surface area is 206 Å². The Morgan fingerprint density at radius 2 is 2.12 bits per heavy atom. The molecule has 1 aromatic carbocycles. The Kier molecular flexibility index (Phi) is 10.4. The predicted octanol–water partition coefficient (Wildman–Crippen LogP) is 3.54. The van der Waals surface area contributed by atoms with E-state index in [-0.39, 0.29) is 18.5 Å². The molecule has 3 rings (SSSR count). The number of allylic oxidation sites excluding steroid dienone is 1. The summed E-state index contributed by atoms with van der Waals surface area (Å²) in [5, 5.41) is 12.5. The second-order valence-electron chi connectivity index (χ2n) is 8.36. The minimum atomic E-state index is -0.517. The van der Waals surface area contributed by atoms with Crippen molar-refractivity contribution in [3.63, 3.8) is 0 Å². The van der Waals surface area contributed by atoms with Gasteiger partial charge in [0.2, 0.25) is 5.91 Å². The van der Waals surface area contributed by atoms with E-state index in [1.54, 1.807) is 31.6 Å². The van der Waals surface area contributed by atoms with E-state index >= 15 is 0 Å². The number of fused-ring (bicyclic) bond motifs is 1. The number of benzene rings is 1. The highest BCUT2D eigenvalue weighted by atomic mass is 32.1. The lowest BCUT2D eigenvalue weighted by Gasteiger charge is -2.37. The van der Waals surface area contributed by atoms with Gasteiger partial charge in [-0.25, -0.2) is 0 Å². The molecule has 186 valence electrons. The highest BCUT2D eigenvalue weighted by molar-refractivity contribution is 7.10. The fourth-order valence-electron chi connectivity index (χ4n) is 4.22. The molecule has 1 aromatic heterocycles. The van der Waals surface area contributed by atoms with Gasteiger partial charge in [0.25, 0.3) is 0 Å². The molecule has 0 unspecified atom stereocenters. The minimum Gasteiger partial charge on any atom is -0.493 e.